The van der Waals surface area contributed by atoms with Gasteiger partial charge in [0.25, 0.3) is 0 Å². The minimum absolute atomic E-state index is 0.426. The van der Waals surface area contributed by atoms with Crippen molar-refractivity contribution < 1.29 is 5.11 Å². The molecule has 2 atom stereocenters. The third kappa shape index (κ3) is 1.18. The molecule has 1 saturated heterocycles. The fourth-order valence-electron chi connectivity index (χ4n) is 2.35. The van der Waals surface area contributed by atoms with Gasteiger partial charge < -0.3 is 10.4 Å². The molecule has 0 bridgehead atoms. The first kappa shape index (κ1) is 7.56. The molecule has 2 fully saturated rings. The average Bonchev–Trinajstić information content (AvgIpc) is 2.07. The maximum Gasteiger partial charge on any atom is 0.0786 e. The molecule has 64 valence electrons. The molecule has 2 N–H and O–H groups in total. The lowest BCUT2D eigenvalue weighted by molar-refractivity contribution is -0.00698. The van der Waals surface area contributed by atoms with Crippen LogP contribution in [0.15, 0.2) is 0 Å². The Kier molecular flexibility index (Phi) is 1.69. The molecule has 0 aromatic rings. The van der Waals surface area contributed by atoms with Gasteiger partial charge in [0.1, 0.15) is 0 Å². The van der Waals surface area contributed by atoms with Crippen LogP contribution in [0.2, 0.25) is 0 Å². The van der Waals surface area contributed by atoms with E-state index in [0.29, 0.717) is 5.92 Å². The van der Waals surface area contributed by atoms with E-state index in [4.69, 9.17) is 0 Å². The van der Waals surface area contributed by atoms with E-state index in [0.717, 1.165) is 19.0 Å². The molecule has 2 nitrogen and oxygen atoms in total. The van der Waals surface area contributed by atoms with Gasteiger partial charge in [-0.1, -0.05) is 19.3 Å². The second kappa shape index (κ2) is 2.46. The fourth-order valence-corrected chi connectivity index (χ4v) is 2.35. The Labute approximate surface area is 68.0 Å². The summed E-state index contributed by atoms with van der Waals surface area (Å²) in [5.41, 5.74) is -0.426. The van der Waals surface area contributed by atoms with E-state index >= 15 is 0 Å². The summed E-state index contributed by atoms with van der Waals surface area (Å²) in [7, 11) is 0. The molecule has 0 aromatic heterocycles. The van der Waals surface area contributed by atoms with E-state index in [2.05, 4.69) is 5.32 Å². The topological polar surface area (TPSA) is 32.3 Å². The lowest BCUT2D eigenvalue weighted by atomic mass is 9.71. The summed E-state index contributed by atoms with van der Waals surface area (Å²) in [5, 5.41) is 13.2. The van der Waals surface area contributed by atoms with Crippen LogP contribution in [0.3, 0.4) is 0 Å². The van der Waals surface area contributed by atoms with Gasteiger partial charge in [0.2, 0.25) is 0 Å². The van der Waals surface area contributed by atoms with Crippen molar-refractivity contribution in [3.63, 3.8) is 0 Å². The molecule has 2 aliphatic rings. The Bertz CT molecular complexity index is 152. The molecule has 1 saturated carbocycles. The summed E-state index contributed by atoms with van der Waals surface area (Å²) in [6.07, 6.45) is 4.04. The van der Waals surface area contributed by atoms with Crippen LogP contribution >= 0.6 is 0 Å². The van der Waals surface area contributed by atoms with Crippen molar-refractivity contribution in [2.75, 3.05) is 13.1 Å². The molecule has 1 aliphatic carbocycles. The van der Waals surface area contributed by atoms with Crippen molar-refractivity contribution in [1.82, 2.24) is 5.32 Å². The van der Waals surface area contributed by atoms with Crippen molar-refractivity contribution in [1.29, 1.82) is 0 Å². The third-order valence-electron chi connectivity index (χ3n) is 3.36. The number of nitrogens with one attached hydrogen (secondary N) is 1. The van der Waals surface area contributed by atoms with Crippen LogP contribution in [-0.4, -0.2) is 23.8 Å². The van der Waals surface area contributed by atoms with Crippen LogP contribution in [0, 0.1) is 11.8 Å². The van der Waals surface area contributed by atoms with Gasteiger partial charge in [0, 0.05) is 19.0 Å². The van der Waals surface area contributed by atoms with Crippen molar-refractivity contribution in [2.45, 2.75) is 31.8 Å². The van der Waals surface area contributed by atoms with E-state index < -0.39 is 5.60 Å². The normalized spacial score (nSPS) is 45.8. The molecule has 0 aromatic carbocycles. The summed E-state index contributed by atoms with van der Waals surface area (Å²) in [6.45, 7) is 3.78. The number of aliphatic hydroxyl groups is 1. The Morgan fingerprint density at radius 2 is 2.18 bits per heavy atom. The van der Waals surface area contributed by atoms with Crippen molar-refractivity contribution >= 4 is 0 Å². The van der Waals surface area contributed by atoms with Gasteiger partial charge in [-0.05, 0) is 12.8 Å². The number of rotatable bonds is 1. The first-order valence-electron chi connectivity index (χ1n) is 4.63. The first-order valence-corrected chi connectivity index (χ1v) is 4.63. The van der Waals surface area contributed by atoms with Gasteiger partial charge in [0.05, 0.1) is 5.60 Å². The van der Waals surface area contributed by atoms with Crippen molar-refractivity contribution in [3.8, 4) is 0 Å². The van der Waals surface area contributed by atoms with Crippen LogP contribution in [0.1, 0.15) is 26.2 Å². The van der Waals surface area contributed by atoms with Gasteiger partial charge in [0.15, 0.2) is 0 Å². The summed E-state index contributed by atoms with van der Waals surface area (Å²) >= 11 is 0. The molecular weight excluding hydrogens is 138 g/mol. The highest BCUT2D eigenvalue weighted by molar-refractivity contribution is 4.97. The highest BCUT2D eigenvalue weighted by Crippen LogP contribution is 2.40. The molecule has 2 unspecified atom stereocenters. The van der Waals surface area contributed by atoms with Gasteiger partial charge in [-0.25, -0.2) is 0 Å². The molecule has 1 heterocycles. The summed E-state index contributed by atoms with van der Waals surface area (Å²) in [5.74, 6) is 1.33. The van der Waals surface area contributed by atoms with E-state index in [9.17, 15) is 5.11 Å². The minimum Gasteiger partial charge on any atom is -0.389 e. The van der Waals surface area contributed by atoms with Gasteiger partial charge >= 0.3 is 0 Å². The van der Waals surface area contributed by atoms with Crippen LogP contribution in [0.25, 0.3) is 0 Å². The molecule has 1 aliphatic heterocycles. The van der Waals surface area contributed by atoms with Crippen molar-refractivity contribution in [3.05, 3.63) is 0 Å². The molecule has 0 radical (unpaired) electrons. The predicted molar refractivity (Wildman–Crippen MR) is 44.3 cm³/mol. The smallest absolute Gasteiger partial charge is 0.0786 e. The zero-order valence-electron chi connectivity index (χ0n) is 7.14. The maximum absolute atomic E-state index is 9.93. The molecule has 0 amide bonds. The van der Waals surface area contributed by atoms with Crippen molar-refractivity contribution in [2.24, 2.45) is 11.8 Å². The predicted octanol–water partition coefficient (Wildman–Crippen LogP) is 0.757. The van der Waals surface area contributed by atoms with Gasteiger partial charge in [-0.3, -0.25) is 0 Å². The average molecular weight is 155 g/mol. The molecular formula is C9H17NO. The molecule has 2 heteroatoms. The second-order valence-electron chi connectivity index (χ2n) is 4.29. The number of hydrogen-bond donors (Lipinski definition) is 2. The van der Waals surface area contributed by atoms with Crippen LogP contribution in [-0.2, 0) is 0 Å². The Morgan fingerprint density at radius 1 is 1.45 bits per heavy atom. The van der Waals surface area contributed by atoms with Gasteiger partial charge in [-0.15, -0.1) is 0 Å². The highest BCUT2D eigenvalue weighted by atomic mass is 16.3. The summed E-state index contributed by atoms with van der Waals surface area (Å²) in [6, 6.07) is 0. The van der Waals surface area contributed by atoms with E-state index in [1.54, 1.807) is 0 Å². The van der Waals surface area contributed by atoms with Gasteiger partial charge in [-0.2, -0.15) is 0 Å². The zero-order chi connectivity index (χ0) is 7.90. The standard InChI is InChI=1S/C9H17NO/c1-9(11)6-10-5-8(9)7-3-2-4-7/h7-8,10-11H,2-6H2,1H3. The fraction of sp³-hybridized carbons (Fsp3) is 1.00. The maximum atomic E-state index is 9.93. The summed E-state index contributed by atoms with van der Waals surface area (Å²) < 4.78 is 0. The molecule has 11 heavy (non-hydrogen) atoms. The van der Waals surface area contributed by atoms with Crippen LogP contribution in [0.4, 0.5) is 0 Å². The van der Waals surface area contributed by atoms with E-state index in [1.807, 2.05) is 6.92 Å². The zero-order valence-corrected chi connectivity index (χ0v) is 7.14. The SMILES string of the molecule is CC1(O)CNCC1C1CCC1. The minimum atomic E-state index is -0.426. The lowest BCUT2D eigenvalue weighted by Gasteiger charge is -2.37. The van der Waals surface area contributed by atoms with E-state index in [-0.39, 0.29) is 0 Å². The van der Waals surface area contributed by atoms with Crippen LogP contribution < -0.4 is 5.32 Å². The Morgan fingerprint density at radius 3 is 2.55 bits per heavy atom. The largest absolute Gasteiger partial charge is 0.389 e. The number of β-amino-alcohol motifs (C(OH)–C–C–N with tert-alkyl or cyclic N) is 1. The summed E-state index contributed by atoms with van der Waals surface area (Å²) in [4.78, 5) is 0. The Balaban J connectivity index is 2.00. The first-order chi connectivity index (χ1) is 5.20. The third-order valence-corrected chi connectivity index (χ3v) is 3.36. The highest BCUT2D eigenvalue weighted by Gasteiger charge is 2.43. The Hall–Kier alpha value is -0.0800. The molecule has 2 rings (SSSR count). The van der Waals surface area contributed by atoms with E-state index in [1.165, 1.54) is 19.3 Å². The van der Waals surface area contributed by atoms with Crippen LogP contribution in [0.5, 0.6) is 0 Å². The quantitative estimate of drug-likeness (QED) is 0.586. The second-order valence-corrected chi connectivity index (χ2v) is 4.29. The number of hydrogen-bond acceptors (Lipinski definition) is 2. The molecule has 0 spiro atoms. The lowest BCUT2D eigenvalue weighted by Crippen LogP contribution is -2.40. The monoisotopic (exact) mass is 155 g/mol.